The molecule has 3 heterocycles. The molecule has 1 aromatic heterocycles. The average Bonchev–Trinajstić information content (AvgIpc) is 3.23. The van der Waals surface area contributed by atoms with E-state index in [0.717, 1.165) is 92.0 Å². The van der Waals surface area contributed by atoms with Crippen LogP contribution < -0.4 is 14.4 Å². The van der Waals surface area contributed by atoms with Gasteiger partial charge >= 0.3 is 0 Å². The Morgan fingerprint density at radius 2 is 1.68 bits per heavy atom. The van der Waals surface area contributed by atoms with E-state index >= 15 is 0 Å². The molecular weight excluding hydrogens is 498 g/mol. The summed E-state index contributed by atoms with van der Waals surface area (Å²) in [5.41, 5.74) is 5.01. The monoisotopic (exact) mass is 539 g/mol. The summed E-state index contributed by atoms with van der Waals surface area (Å²) in [7, 11) is 3.40. The first kappa shape index (κ1) is 27.1. The van der Waals surface area contributed by atoms with Gasteiger partial charge in [-0.3, -0.25) is 14.5 Å². The summed E-state index contributed by atoms with van der Waals surface area (Å²) in [4.78, 5) is 7.55. The van der Waals surface area contributed by atoms with Crippen LogP contribution in [0.2, 0.25) is 5.02 Å². The first-order valence-electron chi connectivity index (χ1n) is 13.8. The van der Waals surface area contributed by atoms with Gasteiger partial charge in [0.2, 0.25) is 0 Å². The number of piperidine rings is 1. The lowest BCUT2D eigenvalue weighted by atomic mass is 9.84. The van der Waals surface area contributed by atoms with Crippen LogP contribution in [-0.4, -0.2) is 79.6 Å². The Morgan fingerprint density at radius 3 is 2.39 bits per heavy atom. The molecule has 0 atom stereocenters. The molecule has 5 rings (SSSR count). The van der Waals surface area contributed by atoms with Crippen molar-refractivity contribution in [1.82, 2.24) is 19.6 Å². The Hall–Kier alpha value is -2.48. The van der Waals surface area contributed by atoms with Gasteiger partial charge in [-0.15, -0.1) is 0 Å². The normalized spacial score (nSPS) is 18.7. The standard InChI is InChI=1S/C30H42ClN5O2/c1-22-24(31)8-6-9-26(22)35-15-12-33(13-16-35)14-17-36-27-19-29(38-5)28(37-4)18-23(27)25(32-36)20-34-11-7-10-30(2,3)21-34/h6,8-9,18-19H,7,10-17,20-21H2,1-5H3. The third kappa shape index (κ3) is 5.75. The molecule has 0 amide bonds. The molecule has 0 N–H and O–H groups in total. The second kappa shape index (κ2) is 11.3. The number of likely N-dealkylation sites (tertiary alicyclic amines) is 1. The fourth-order valence-corrected chi connectivity index (χ4v) is 6.30. The highest BCUT2D eigenvalue weighted by atomic mass is 35.5. The molecule has 0 saturated carbocycles. The second-order valence-electron chi connectivity index (χ2n) is 11.6. The fourth-order valence-electron chi connectivity index (χ4n) is 6.13. The summed E-state index contributed by atoms with van der Waals surface area (Å²) in [5, 5.41) is 7.16. The van der Waals surface area contributed by atoms with Crippen molar-refractivity contribution in [3.05, 3.63) is 46.6 Å². The molecule has 38 heavy (non-hydrogen) atoms. The lowest BCUT2D eigenvalue weighted by Gasteiger charge is -2.37. The zero-order valence-corrected chi connectivity index (χ0v) is 24.4. The molecule has 7 nitrogen and oxygen atoms in total. The minimum absolute atomic E-state index is 0.350. The van der Waals surface area contributed by atoms with Gasteiger partial charge < -0.3 is 14.4 Å². The first-order chi connectivity index (χ1) is 18.3. The van der Waals surface area contributed by atoms with Gasteiger partial charge in [-0.05, 0) is 55.5 Å². The fraction of sp³-hybridized carbons (Fsp3) is 0.567. The summed E-state index contributed by atoms with van der Waals surface area (Å²) < 4.78 is 13.5. The van der Waals surface area contributed by atoms with E-state index in [0.29, 0.717) is 5.41 Å². The van der Waals surface area contributed by atoms with Crippen LogP contribution >= 0.6 is 11.6 Å². The highest BCUT2D eigenvalue weighted by molar-refractivity contribution is 6.31. The van der Waals surface area contributed by atoms with Gasteiger partial charge in [0.25, 0.3) is 0 Å². The van der Waals surface area contributed by atoms with E-state index in [1.54, 1.807) is 14.2 Å². The highest BCUT2D eigenvalue weighted by Crippen LogP contribution is 2.35. The van der Waals surface area contributed by atoms with E-state index in [-0.39, 0.29) is 0 Å². The maximum absolute atomic E-state index is 6.38. The van der Waals surface area contributed by atoms with Gasteiger partial charge in [-0.2, -0.15) is 5.10 Å². The van der Waals surface area contributed by atoms with E-state index in [1.165, 1.54) is 24.1 Å². The van der Waals surface area contributed by atoms with Crippen LogP contribution in [0.3, 0.4) is 0 Å². The van der Waals surface area contributed by atoms with Crippen molar-refractivity contribution in [2.45, 2.75) is 46.7 Å². The first-order valence-corrected chi connectivity index (χ1v) is 14.2. The second-order valence-corrected chi connectivity index (χ2v) is 12.0. The molecule has 2 fully saturated rings. The largest absolute Gasteiger partial charge is 0.493 e. The minimum Gasteiger partial charge on any atom is -0.493 e. The number of anilines is 1. The van der Waals surface area contributed by atoms with E-state index in [9.17, 15) is 0 Å². The molecular formula is C30H42ClN5O2. The molecule has 2 aliphatic heterocycles. The van der Waals surface area contributed by atoms with E-state index in [1.807, 2.05) is 12.1 Å². The number of halogens is 1. The van der Waals surface area contributed by atoms with Crippen molar-refractivity contribution in [1.29, 1.82) is 0 Å². The minimum atomic E-state index is 0.350. The highest BCUT2D eigenvalue weighted by Gasteiger charge is 2.28. The lowest BCUT2D eigenvalue weighted by Crippen LogP contribution is -2.47. The molecule has 0 spiro atoms. The lowest BCUT2D eigenvalue weighted by molar-refractivity contribution is 0.110. The van der Waals surface area contributed by atoms with Crippen LogP contribution in [0, 0.1) is 12.3 Å². The number of benzene rings is 2. The van der Waals surface area contributed by atoms with Crippen molar-refractivity contribution in [3.8, 4) is 11.5 Å². The predicted octanol–water partition coefficient (Wildman–Crippen LogP) is 5.46. The Kier molecular flexibility index (Phi) is 8.08. The van der Waals surface area contributed by atoms with Crippen molar-refractivity contribution < 1.29 is 9.47 Å². The zero-order valence-electron chi connectivity index (χ0n) is 23.6. The molecule has 0 unspecified atom stereocenters. The molecule has 8 heteroatoms. The SMILES string of the molecule is COc1cc2c(CN3CCCC(C)(C)C3)nn(CCN3CCN(c4cccc(Cl)c4C)CC3)c2cc1OC. The average molecular weight is 540 g/mol. The molecule has 206 valence electrons. The number of aromatic nitrogens is 2. The van der Waals surface area contributed by atoms with Crippen molar-refractivity contribution in [3.63, 3.8) is 0 Å². The molecule has 0 aliphatic carbocycles. The summed E-state index contributed by atoms with van der Waals surface area (Å²) in [6.45, 7) is 15.8. The molecule has 2 saturated heterocycles. The van der Waals surface area contributed by atoms with E-state index < -0.39 is 0 Å². The maximum Gasteiger partial charge on any atom is 0.162 e. The third-order valence-electron chi connectivity index (χ3n) is 8.27. The summed E-state index contributed by atoms with van der Waals surface area (Å²) in [6.07, 6.45) is 2.53. The Balaban J connectivity index is 1.31. The number of hydrogen-bond acceptors (Lipinski definition) is 6. The molecule has 0 radical (unpaired) electrons. The van der Waals surface area contributed by atoms with E-state index in [4.69, 9.17) is 26.2 Å². The maximum atomic E-state index is 6.38. The molecule has 2 aliphatic rings. The molecule has 0 bridgehead atoms. The quantitative estimate of drug-likeness (QED) is 0.379. The third-order valence-corrected chi connectivity index (χ3v) is 8.67. The number of piperazine rings is 1. The van der Waals surface area contributed by atoms with Crippen molar-refractivity contribution >= 4 is 28.2 Å². The number of methoxy groups -OCH3 is 2. The van der Waals surface area contributed by atoms with Crippen molar-refractivity contribution in [2.75, 3.05) is 64.9 Å². The van der Waals surface area contributed by atoms with Crippen LogP contribution in [0.5, 0.6) is 11.5 Å². The van der Waals surface area contributed by atoms with Gasteiger partial charge in [-0.1, -0.05) is 31.5 Å². The number of nitrogens with zero attached hydrogens (tertiary/aromatic N) is 5. The summed E-state index contributed by atoms with van der Waals surface area (Å²) in [6, 6.07) is 10.4. The molecule has 3 aromatic rings. The van der Waals surface area contributed by atoms with Gasteiger partial charge in [0.05, 0.1) is 32.0 Å². The summed E-state index contributed by atoms with van der Waals surface area (Å²) >= 11 is 6.38. The van der Waals surface area contributed by atoms with Gasteiger partial charge in [0.1, 0.15) is 0 Å². The Labute approximate surface area is 232 Å². The van der Waals surface area contributed by atoms with Crippen LogP contribution in [0.15, 0.2) is 30.3 Å². The Bertz CT molecular complexity index is 1270. The topological polar surface area (TPSA) is 46.0 Å². The van der Waals surface area contributed by atoms with Crippen LogP contribution in [-0.2, 0) is 13.1 Å². The number of fused-ring (bicyclic) bond motifs is 1. The zero-order chi connectivity index (χ0) is 26.9. The number of rotatable bonds is 8. The van der Waals surface area contributed by atoms with Crippen molar-refractivity contribution in [2.24, 2.45) is 5.41 Å². The van der Waals surface area contributed by atoms with Gasteiger partial charge in [0.15, 0.2) is 11.5 Å². The summed E-state index contributed by atoms with van der Waals surface area (Å²) in [5.74, 6) is 1.50. The Morgan fingerprint density at radius 1 is 0.947 bits per heavy atom. The number of ether oxygens (including phenoxy) is 2. The van der Waals surface area contributed by atoms with Gasteiger partial charge in [-0.25, -0.2) is 0 Å². The van der Waals surface area contributed by atoms with Crippen LogP contribution in [0.25, 0.3) is 10.9 Å². The van der Waals surface area contributed by atoms with E-state index in [2.05, 4.69) is 58.4 Å². The smallest absolute Gasteiger partial charge is 0.162 e. The number of hydrogen-bond donors (Lipinski definition) is 0. The van der Waals surface area contributed by atoms with Gasteiger partial charge in [0, 0.05) is 68.0 Å². The molecule has 2 aromatic carbocycles. The predicted molar refractivity (Wildman–Crippen MR) is 156 cm³/mol. The van der Waals surface area contributed by atoms with Crippen LogP contribution in [0.4, 0.5) is 5.69 Å². The van der Waals surface area contributed by atoms with Crippen LogP contribution in [0.1, 0.15) is 37.9 Å².